The first-order valence-electron chi connectivity index (χ1n) is 14.6. The summed E-state index contributed by atoms with van der Waals surface area (Å²) >= 11 is 1.60. The summed E-state index contributed by atoms with van der Waals surface area (Å²) in [5, 5.41) is 5.43. The van der Waals surface area contributed by atoms with Crippen molar-refractivity contribution in [2.45, 2.75) is 97.1 Å². The summed E-state index contributed by atoms with van der Waals surface area (Å²) in [4.78, 5) is 46.9. The molecule has 2 N–H and O–H groups in total. The van der Waals surface area contributed by atoms with Gasteiger partial charge in [-0.15, -0.1) is 11.3 Å². The van der Waals surface area contributed by atoms with Crippen molar-refractivity contribution < 1.29 is 18.5 Å². The minimum absolute atomic E-state index is 0.0183. The van der Waals surface area contributed by atoms with E-state index >= 15 is 0 Å². The van der Waals surface area contributed by atoms with Crippen molar-refractivity contribution in [2.24, 2.45) is 5.92 Å². The third kappa shape index (κ3) is 6.79. The Labute approximate surface area is 253 Å². The number of benzene rings is 1. The molecule has 1 aromatic carbocycles. The number of thiazole rings is 1. The summed E-state index contributed by atoms with van der Waals surface area (Å²) in [5.41, 5.74) is 4.49. The lowest BCUT2D eigenvalue weighted by atomic mass is 9.91. The maximum atomic E-state index is 14.1. The van der Waals surface area contributed by atoms with Crippen molar-refractivity contribution in [1.82, 2.24) is 20.4 Å². The van der Waals surface area contributed by atoms with Crippen LogP contribution in [0.25, 0.3) is 10.4 Å². The molecule has 0 radical (unpaired) electrons. The van der Waals surface area contributed by atoms with Gasteiger partial charge < -0.3 is 19.2 Å². The van der Waals surface area contributed by atoms with Crippen LogP contribution in [-0.2, 0) is 14.0 Å². The molecule has 3 aromatic rings. The number of likely N-dealkylation sites (tertiary alicyclic amines) is 1. The van der Waals surface area contributed by atoms with Crippen LogP contribution in [0.5, 0.6) is 0 Å². The molecule has 2 aromatic heterocycles. The van der Waals surface area contributed by atoms with E-state index in [4.69, 9.17) is 8.95 Å². The van der Waals surface area contributed by atoms with Crippen LogP contribution < -0.4 is 10.9 Å². The van der Waals surface area contributed by atoms with Gasteiger partial charge in [-0.2, -0.15) is 5.16 Å². The molecule has 0 bridgehead atoms. The van der Waals surface area contributed by atoms with Gasteiger partial charge in [0.05, 0.1) is 28.2 Å². The number of aryl methyl sites for hydroxylation is 1. The maximum Gasteiger partial charge on any atom is 0.280 e. The minimum Gasteiger partial charge on any atom is -0.412 e. The predicted octanol–water partition coefficient (Wildman–Crippen LogP) is 6.01. The molecule has 1 aliphatic rings. The average Bonchev–Trinajstić information content (AvgIpc) is 3.63. The Balaban J connectivity index is 1.57. The third-order valence-electron chi connectivity index (χ3n) is 8.68. The van der Waals surface area contributed by atoms with Crippen LogP contribution in [0, 0.1) is 12.8 Å². The first-order chi connectivity index (χ1) is 19.6. The smallest absolute Gasteiger partial charge is 0.280 e. The second kappa shape index (κ2) is 12.3. The van der Waals surface area contributed by atoms with Crippen molar-refractivity contribution in [1.29, 1.82) is 0 Å². The van der Waals surface area contributed by atoms with E-state index in [2.05, 4.69) is 49.3 Å². The summed E-state index contributed by atoms with van der Waals surface area (Å²) in [5.74, 6) is -1.05. The number of aromatic nitrogens is 2. The third-order valence-corrected chi connectivity index (χ3v) is 14.2. The van der Waals surface area contributed by atoms with E-state index in [1.807, 2.05) is 57.5 Å². The van der Waals surface area contributed by atoms with E-state index < -0.39 is 25.8 Å². The molecule has 9 nitrogen and oxygen atoms in total. The Kier molecular flexibility index (Phi) is 9.34. The molecule has 2 amide bonds. The van der Waals surface area contributed by atoms with Gasteiger partial charge in [-0.25, -0.2) is 4.98 Å². The van der Waals surface area contributed by atoms with Crippen molar-refractivity contribution in [2.75, 3.05) is 6.54 Å². The lowest BCUT2D eigenvalue weighted by molar-refractivity contribution is -0.141. The molecule has 0 saturated carbocycles. The second-order valence-electron chi connectivity index (χ2n) is 13.2. The van der Waals surface area contributed by atoms with Crippen LogP contribution >= 0.6 is 11.3 Å². The van der Waals surface area contributed by atoms with Crippen molar-refractivity contribution in [3.63, 3.8) is 0 Å². The van der Waals surface area contributed by atoms with Gasteiger partial charge in [0, 0.05) is 19.0 Å². The first kappa shape index (κ1) is 31.9. The molecule has 3 heterocycles. The largest absolute Gasteiger partial charge is 0.412 e. The zero-order chi connectivity index (χ0) is 31.0. The molecule has 42 heavy (non-hydrogen) atoms. The number of hydrogen-bond donors (Lipinski definition) is 2. The lowest BCUT2D eigenvalue weighted by Crippen LogP contribution is -2.48. The molecule has 11 heteroatoms. The predicted molar refractivity (Wildman–Crippen MR) is 168 cm³/mol. The summed E-state index contributed by atoms with van der Waals surface area (Å²) in [6.45, 7) is 18.9. The van der Waals surface area contributed by atoms with Gasteiger partial charge in [0.1, 0.15) is 12.0 Å². The molecule has 1 saturated heterocycles. The zero-order valence-corrected chi connectivity index (χ0v) is 27.9. The summed E-state index contributed by atoms with van der Waals surface area (Å²) in [7, 11) is -2.16. The van der Waals surface area contributed by atoms with Crippen LogP contribution in [0.15, 0.2) is 45.2 Å². The summed E-state index contributed by atoms with van der Waals surface area (Å²) in [6.07, 6.45) is 0.135. The molecular formula is C31H44N4O5SSi. The Morgan fingerprint density at radius 3 is 2.38 bits per heavy atom. The molecule has 1 aliphatic heterocycles. The molecule has 0 spiro atoms. The number of H-pyrrole nitrogens is 1. The number of nitrogens with zero attached hydrogens (tertiary/aromatic N) is 2. The second-order valence-corrected chi connectivity index (χ2v) is 18.8. The van der Waals surface area contributed by atoms with Crippen molar-refractivity contribution in [3.8, 4) is 10.4 Å². The molecule has 1 fully saturated rings. The maximum absolute atomic E-state index is 14.1. The normalized spacial score (nSPS) is 19.2. The monoisotopic (exact) mass is 612 g/mol. The SMILES string of the molecule is Cc1ncsc1-c1ccc([C@H](C)NC(=O)[C@@H]2C[C@@H](O[Si](C)(C)C(C)(C)C)CN2C(=O)C(c2cc(=O)[nH]o2)C(C)C)cc1. The number of nitrogens with one attached hydrogen (secondary N) is 2. The van der Waals surface area contributed by atoms with Crippen LogP contribution in [0.1, 0.15) is 76.9 Å². The molecule has 0 aliphatic carbocycles. The topological polar surface area (TPSA) is 118 Å². The Morgan fingerprint density at radius 2 is 1.86 bits per heavy atom. The molecule has 228 valence electrons. The Hall–Kier alpha value is -3.02. The van der Waals surface area contributed by atoms with E-state index in [9.17, 15) is 14.4 Å². The van der Waals surface area contributed by atoms with E-state index in [0.717, 1.165) is 21.7 Å². The highest BCUT2D eigenvalue weighted by Gasteiger charge is 2.47. The van der Waals surface area contributed by atoms with Gasteiger partial charge >= 0.3 is 0 Å². The molecule has 4 atom stereocenters. The quantitative estimate of drug-likeness (QED) is 0.286. The van der Waals surface area contributed by atoms with Crippen LogP contribution in [0.2, 0.25) is 18.1 Å². The van der Waals surface area contributed by atoms with Gasteiger partial charge in [-0.3, -0.25) is 14.4 Å². The van der Waals surface area contributed by atoms with Crippen LogP contribution in [0.4, 0.5) is 0 Å². The number of hydrogen-bond acceptors (Lipinski definition) is 7. The number of aromatic amines is 1. The van der Waals surface area contributed by atoms with E-state index in [1.54, 1.807) is 16.2 Å². The van der Waals surface area contributed by atoms with Gasteiger partial charge in [0.2, 0.25) is 11.8 Å². The number of rotatable bonds is 9. The van der Waals surface area contributed by atoms with Crippen LogP contribution in [0.3, 0.4) is 0 Å². The summed E-state index contributed by atoms with van der Waals surface area (Å²) in [6, 6.07) is 8.47. The van der Waals surface area contributed by atoms with E-state index in [-0.39, 0.29) is 40.7 Å². The number of carbonyl (C=O) groups excluding carboxylic acids is 2. The van der Waals surface area contributed by atoms with Crippen molar-refractivity contribution in [3.05, 3.63) is 63.2 Å². The fourth-order valence-electron chi connectivity index (χ4n) is 5.23. The van der Waals surface area contributed by atoms with Gasteiger partial charge in [0.15, 0.2) is 14.1 Å². The number of amides is 2. The standard InChI is InChI=1S/C31H44N4O5SSi/c1-18(2)27(25-15-26(36)34-39-25)30(38)35-16-23(40-42(8,9)31(5,6)7)14-24(35)29(37)33-19(3)21-10-12-22(13-11-21)28-20(4)32-17-41-28/h10-13,15,17-19,23-24,27H,14,16H2,1-9H3,(H,33,37)(H,34,36)/t19-,23+,24-,27?/m0/s1. The Morgan fingerprint density at radius 1 is 1.19 bits per heavy atom. The van der Waals surface area contributed by atoms with Crippen molar-refractivity contribution >= 4 is 31.5 Å². The van der Waals surface area contributed by atoms with Crippen LogP contribution in [-0.4, -0.2) is 53.9 Å². The fraction of sp³-hybridized carbons (Fsp3) is 0.548. The van der Waals surface area contributed by atoms with Gasteiger partial charge in [-0.05, 0) is 49.0 Å². The van der Waals surface area contributed by atoms with E-state index in [1.165, 1.54) is 6.07 Å². The van der Waals surface area contributed by atoms with Gasteiger partial charge in [-0.1, -0.05) is 58.9 Å². The molecule has 1 unspecified atom stereocenters. The fourth-order valence-corrected chi connectivity index (χ4v) is 7.40. The zero-order valence-electron chi connectivity index (χ0n) is 26.1. The highest BCUT2D eigenvalue weighted by atomic mass is 32.1. The highest BCUT2D eigenvalue weighted by Crippen LogP contribution is 2.40. The average molecular weight is 613 g/mol. The minimum atomic E-state index is -2.16. The molecule has 4 rings (SSSR count). The lowest BCUT2D eigenvalue weighted by Gasteiger charge is -2.38. The Bertz CT molecular complexity index is 1450. The van der Waals surface area contributed by atoms with Gasteiger partial charge in [0.25, 0.3) is 5.56 Å². The number of carbonyl (C=O) groups is 2. The van der Waals surface area contributed by atoms with E-state index in [0.29, 0.717) is 13.0 Å². The molecular weight excluding hydrogens is 569 g/mol. The summed E-state index contributed by atoms with van der Waals surface area (Å²) < 4.78 is 12.1. The highest BCUT2D eigenvalue weighted by molar-refractivity contribution is 7.13. The first-order valence-corrected chi connectivity index (χ1v) is 18.4.